The van der Waals surface area contributed by atoms with Crippen LogP contribution in [0.15, 0.2) is 30.3 Å². The predicted octanol–water partition coefficient (Wildman–Crippen LogP) is 1.87. The molecule has 0 aliphatic heterocycles. The standard InChI is InChI=1S/C10H12BrNO/c11-9(10(12)13)7-6-8-4-2-1-3-5-8/h1-5,9H,6-7H2,(H2,12,13). The lowest BCUT2D eigenvalue weighted by Crippen LogP contribution is -2.23. The Morgan fingerprint density at radius 1 is 1.38 bits per heavy atom. The van der Waals surface area contributed by atoms with Gasteiger partial charge >= 0.3 is 0 Å². The summed E-state index contributed by atoms with van der Waals surface area (Å²) in [6, 6.07) is 10.0. The van der Waals surface area contributed by atoms with E-state index in [1.807, 2.05) is 30.3 Å². The van der Waals surface area contributed by atoms with Crippen LogP contribution in [0.25, 0.3) is 0 Å². The minimum Gasteiger partial charge on any atom is -0.369 e. The zero-order valence-corrected chi connectivity index (χ0v) is 8.83. The van der Waals surface area contributed by atoms with Crippen LogP contribution in [0.4, 0.5) is 0 Å². The second-order valence-electron chi connectivity index (χ2n) is 2.89. The van der Waals surface area contributed by atoms with Gasteiger partial charge in [0.05, 0.1) is 4.83 Å². The van der Waals surface area contributed by atoms with Crippen molar-refractivity contribution >= 4 is 21.8 Å². The Kier molecular flexibility index (Phi) is 3.96. The second kappa shape index (κ2) is 5.02. The Morgan fingerprint density at radius 3 is 2.54 bits per heavy atom. The first-order chi connectivity index (χ1) is 6.20. The molecular formula is C10H12BrNO. The van der Waals surface area contributed by atoms with Crippen LogP contribution < -0.4 is 5.73 Å². The number of aryl methyl sites for hydroxylation is 1. The Labute approximate surface area is 86.3 Å². The van der Waals surface area contributed by atoms with Gasteiger partial charge in [-0.1, -0.05) is 46.3 Å². The van der Waals surface area contributed by atoms with E-state index < -0.39 is 0 Å². The van der Waals surface area contributed by atoms with E-state index >= 15 is 0 Å². The number of carbonyl (C=O) groups excluding carboxylic acids is 1. The summed E-state index contributed by atoms with van der Waals surface area (Å²) in [6.07, 6.45) is 1.62. The summed E-state index contributed by atoms with van der Waals surface area (Å²) >= 11 is 3.23. The molecule has 2 N–H and O–H groups in total. The summed E-state index contributed by atoms with van der Waals surface area (Å²) in [5.41, 5.74) is 6.34. The van der Waals surface area contributed by atoms with Gasteiger partial charge in [-0.25, -0.2) is 0 Å². The molecule has 3 heteroatoms. The van der Waals surface area contributed by atoms with Gasteiger partial charge in [0.1, 0.15) is 0 Å². The number of benzene rings is 1. The lowest BCUT2D eigenvalue weighted by atomic mass is 10.1. The van der Waals surface area contributed by atoms with Crippen LogP contribution in [0.2, 0.25) is 0 Å². The van der Waals surface area contributed by atoms with E-state index in [0.717, 1.165) is 12.8 Å². The maximum absolute atomic E-state index is 10.7. The number of hydrogen-bond donors (Lipinski definition) is 1. The molecule has 0 saturated carbocycles. The molecular weight excluding hydrogens is 230 g/mol. The molecule has 70 valence electrons. The van der Waals surface area contributed by atoms with Crippen molar-refractivity contribution in [2.24, 2.45) is 5.73 Å². The normalized spacial score (nSPS) is 12.4. The zero-order valence-electron chi connectivity index (χ0n) is 7.24. The van der Waals surface area contributed by atoms with E-state index in [1.54, 1.807) is 0 Å². The number of halogens is 1. The molecule has 1 unspecified atom stereocenters. The summed E-state index contributed by atoms with van der Waals surface area (Å²) in [7, 11) is 0. The summed E-state index contributed by atoms with van der Waals surface area (Å²) in [5.74, 6) is -0.295. The lowest BCUT2D eigenvalue weighted by molar-refractivity contribution is -0.117. The van der Waals surface area contributed by atoms with Crippen LogP contribution in [0, 0.1) is 0 Å². The zero-order chi connectivity index (χ0) is 9.68. The molecule has 1 amide bonds. The monoisotopic (exact) mass is 241 g/mol. The number of alkyl halides is 1. The molecule has 0 aliphatic rings. The molecule has 1 aromatic carbocycles. The topological polar surface area (TPSA) is 43.1 Å². The average Bonchev–Trinajstić information content (AvgIpc) is 2.15. The number of rotatable bonds is 4. The Balaban J connectivity index is 2.39. The Bertz CT molecular complexity index is 274. The van der Waals surface area contributed by atoms with E-state index in [4.69, 9.17) is 5.73 Å². The van der Waals surface area contributed by atoms with E-state index in [-0.39, 0.29) is 10.7 Å². The van der Waals surface area contributed by atoms with Gasteiger partial charge in [0, 0.05) is 0 Å². The molecule has 13 heavy (non-hydrogen) atoms. The SMILES string of the molecule is NC(=O)C(Br)CCc1ccccc1. The number of amides is 1. The van der Waals surface area contributed by atoms with Crippen LogP contribution in [-0.2, 0) is 11.2 Å². The van der Waals surface area contributed by atoms with Gasteiger partial charge in [-0.15, -0.1) is 0 Å². The highest BCUT2D eigenvalue weighted by atomic mass is 79.9. The van der Waals surface area contributed by atoms with Crippen molar-refractivity contribution < 1.29 is 4.79 Å². The van der Waals surface area contributed by atoms with E-state index in [9.17, 15) is 4.79 Å². The van der Waals surface area contributed by atoms with Crippen LogP contribution >= 0.6 is 15.9 Å². The highest BCUT2D eigenvalue weighted by Gasteiger charge is 2.09. The second-order valence-corrected chi connectivity index (χ2v) is 4.00. The first-order valence-corrected chi connectivity index (χ1v) is 5.09. The lowest BCUT2D eigenvalue weighted by Gasteiger charge is -2.04. The molecule has 1 rings (SSSR count). The van der Waals surface area contributed by atoms with Gasteiger partial charge in [0.25, 0.3) is 0 Å². The minimum absolute atomic E-state index is 0.215. The van der Waals surface area contributed by atoms with Gasteiger partial charge in [-0.05, 0) is 18.4 Å². The molecule has 2 nitrogen and oxygen atoms in total. The molecule has 1 atom stereocenters. The van der Waals surface area contributed by atoms with Crippen LogP contribution in [-0.4, -0.2) is 10.7 Å². The van der Waals surface area contributed by atoms with Gasteiger partial charge in [-0.2, -0.15) is 0 Å². The summed E-state index contributed by atoms with van der Waals surface area (Å²) in [4.78, 5) is 10.5. The van der Waals surface area contributed by atoms with Crippen molar-refractivity contribution in [3.8, 4) is 0 Å². The highest BCUT2D eigenvalue weighted by molar-refractivity contribution is 9.10. The third-order valence-corrected chi connectivity index (χ3v) is 2.75. The molecule has 0 aromatic heterocycles. The highest BCUT2D eigenvalue weighted by Crippen LogP contribution is 2.10. The smallest absolute Gasteiger partial charge is 0.231 e. The average molecular weight is 242 g/mol. The summed E-state index contributed by atoms with van der Waals surface area (Å²) in [6.45, 7) is 0. The van der Waals surface area contributed by atoms with E-state index in [2.05, 4.69) is 15.9 Å². The third-order valence-electron chi connectivity index (χ3n) is 1.84. The Hall–Kier alpha value is -0.830. The maximum atomic E-state index is 10.7. The van der Waals surface area contributed by atoms with Gasteiger partial charge in [0.2, 0.25) is 5.91 Å². The number of nitrogens with two attached hydrogens (primary N) is 1. The van der Waals surface area contributed by atoms with Crippen molar-refractivity contribution in [1.82, 2.24) is 0 Å². The summed E-state index contributed by atoms with van der Waals surface area (Å²) < 4.78 is 0. The van der Waals surface area contributed by atoms with Crippen molar-refractivity contribution in [2.45, 2.75) is 17.7 Å². The fraction of sp³-hybridized carbons (Fsp3) is 0.300. The van der Waals surface area contributed by atoms with Crippen molar-refractivity contribution in [3.63, 3.8) is 0 Å². The third kappa shape index (κ3) is 3.59. The minimum atomic E-state index is -0.295. The van der Waals surface area contributed by atoms with E-state index in [1.165, 1.54) is 5.56 Å². The van der Waals surface area contributed by atoms with E-state index in [0.29, 0.717) is 0 Å². The predicted molar refractivity (Wildman–Crippen MR) is 56.7 cm³/mol. The molecule has 0 saturated heterocycles. The van der Waals surface area contributed by atoms with Crippen molar-refractivity contribution in [3.05, 3.63) is 35.9 Å². The van der Waals surface area contributed by atoms with Gasteiger partial charge in [-0.3, -0.25) is 4.79 Å². The molecule has 0 radical (unpaired) electrons. The molecule has 0 spiro atoms. The largest absolute Gasteiger partial charge is 0.369 e. The quantitative estimate of drug-likeness (QED) is 0.804. The Morgan fingerprint density at radius 2 is 2.00 bits per heavy atom. The number of primary amides is 1. The summed E-state index contributed by atoms with van der Waals surface area (Å²) in [5, 5.41) is 0. The fourth-order valence-electron chi connectivity index (χ4n) is 1.08. The molecule has 0 fully saturated rings. The first kappa shape index (κ1) is 10.3. The van der Waals surface area contributed by atoms with Crippen LogP contribution in [0.3, 0.4) is 0 Å². The van der Waals surface area contributed by atoms with Crippen LogP contribution in [0.5, 0.6) is 0 Å². The van der Waals surface area contributed by atoms with Gasteiger partial charge in [0.15, 0.2) is 0 Å². The van der Waals surface area contributed by atoms with Crippen molar-refractivity contribution in [1.29, 1.82) is 0 Å². The van der Waals surface area contributed by atoms with Crippen LogP contribution in [0.1, 0.15) is 12.0 Å². The molecule has 1 aromatic rings. The number of carbonyl (C=O) groups is 1. The van der Waals surface area contributed by atoms with Crippen molar-refractivity contribution in [2.75, 3.05) is 0 Å². The maximum Gasteiger partial charge on any atom is 0.231 e. The molecule has 0 bridgehead atoms. The van der Waals surface area contributed by atoms with Gasteiger partial charge < -0.3 is 5.73 Å². The molecule has 0 heterocycles. The first-order valence-electron chi connectivity index (χ1n) is 4.17. The molecule has 0 aliphatic carbocycles. The fourth-order valence-corrected chi connectivity index (χ4v) is 1.31. The number of hydrogen-bond acceptors (Lipinski definition) is 1.